The van der Waals surface area contributed by atoms with Gasteiger partial charge in [0.05, 0.1) is 0 Å². The predicted octanol–water partition coefficient (Wildman–Crippen LogP) is 1.45. The van der Waals surface area contributed by atoms with Gasteiger partial charge in [-0.2, -0.15) is 0 Å². The van der Waals surface area contributed by atoms with Crippen LogP contribution in [0.1, 0.15) is 17.7 Å². The number of nitrogens with two attached hydrogens (primary N) is 1. The van der Waals surface area contributed by atoms with Gasteiger partial charge in [-0.1, -0.05) is 18.2 Å². The molecule has 3 N–H and O–H groups in total. The smallest absolute Gasteiger partial charge is 0.218 e. The van der Waals surface area contributed by atoms with Crippen molar-refractivity contribution in [1.29, 1.82) is 0 Å². The lowest BCUT2D eigenvalue weighted by molar-refractivity contribution is -0.117. The van der Waals surface area contributed by atoms with E-state index in [2.05, 4.69) is 42.1 Å². The number of rotatable bonds is 5. The van der Waals surface area contributed by atoms with E-state index in [9.17, 15) is 4.79 Å². The number of nitrogens with zero attached hydrogens (tertiary/aromatic N) is 1. The fourth-order valence-electron chi connectivity index (χ4n) is 2.31. The van der Waals surface area contributed by atoms with Crippen molar-refractivity contribution in [2.24, 2.45) is 12.8 Å². The van der Waals surface area contributed by atoms with Crippen molar-refractivity contribution < 1.29 is 4.79 Å². The van der Waals surface area contributed by atoms with Crippen molar-refractivity contribution in [3.63, 3.8) is 0 Å². The number of hydrogen-bond donors (Lipinski definition) is 2. The zero-order valence-corrected chi connectivity index (χ0v) is 10.9. The highest BCUT2D eigenvalue weighted by molar-refractivity contribution is 5.85. The van der Waals surface area contributed by atoms with E-state index in [1.54, 1.807) is 0 Å². The third kappa shape index (κ3) is 2.38. The van der Waals surface area contributed by atoms with E-state index in [1.807, 2.05) is 6.07 Å². The number of aromatic nitrogens is 1. The highest BCUT2D eigenvalue weighted by atomic mass is 16.1. The Labute approximate surface area is 107 Å². The third-order valence-electron chi connectivity index (χ3n) is 3.35. The first-order chi connectivity index (χ1) is 8.61. The van der Waals surface area contributed by atoms with E-state index in [0.717, 1.165) is 6.54 Å². The van der Waals surface area contributed by atoms with Gasteiger partial charge in [-0.3, -0.25) is 4.79 Å². The second-order valence-electron chi connectivity index (χ2n) is 4.54. The van der Waals surface area contributed by atoms with Crippen LogP contribution in [0, 0.1) is 6.92 Å². The first kappa shape index (κ1) is 12.6. The second-order valence-corrected chi connectivity index (χ2v) is 4.54. The zero-order valence-electron chi connectivity index (χ0n) is 10.9. The van der Waals surface area contributed by atoms with Crippen molar-refractivity contribution in [1.82, 2.24) is 9.88 Å². The molecule has 0 spiro atoms. The molecule has 0 saturated carbocycles. The Morgan fingerprint density at radius 1 is 1.39 bits per heavy atom. The van der Waals surface area contributed by atoms with E-state index in [1.165, 1.54) is 22.2 Å². The number of primary amides is 1. The maximum atomic E-state index is 10.7. The Morgan fingerprint density at radius 2 is 2.11 bits per heavy atom. The molecule has 0 saturated heterocycles. The Bertz CT molecular complexity index is 533. The molecular formula is C14H19N3O. The van der Waals surface area contributed by atoms with Gasteiger partial charge < -0.3 is 15.6 Å². The molecule has 0 fully saturated rings. The fourth-order valence-corrected chi connectivity index (χ4v) is 2.31. The van der Waals surface area contributed by atoms with Crippen LogP contribution in [0.2, 0.25) is 0 Å². The van der Waals surface area contributed by atoms with Gasteiger partial charge in [-0.15, -0.1) is 0 Å². The molecule has 0 aliphatic rings. The van der Waals surface area contributed by atoms with Crippen molar-refractivity contribution in [2.75, 3.05) is 6.54 Å². The molecule has 0 bridgehead atoms. The van der Waals surface area contributed by atoms with E-state index in [-0.39, 0.29) is 5.91 Å². The number of amides is 1. The Hall–Kier alpha value is -1.81. The molecule has 1 aromatic carbocycles. The maximum absolute atomic E-state index is 10.7. The lowest BCUT2D eigenvalue weighted by Gasteiger charge is -2.07. The summed E-state index contributed by atoms with van der Waals surface area (Å²) < 4.78 is 2.20. The number of fused-ring (bicyclic) bond motifs is 1. The largest absolute Gasteiger partial charge is 0.370 e. The predicted molar refractivity (Wildman–Crippen MR) is 73.2 cm³/mol. The van der Waals surface area contributed by atoms with E-state index in [0.29, 0.717) is 13.0 Å². The van der Waals surface area contributed by atoms with Gasteiger partial charge in [0.1, 0.15) is 0 Å². The minimum atomic E-state index is -0.267. The number of para-hydroxylation sites is 1. The molecule has 0 aliphatic carbocycles. The summed E-state index contributed by atoms with van der Waals surface area (Å²) in [6, 6.07) is 8.36. The van der Waals surface area contributed by atoms with Crippen LogP contribution in [-0.2, 0) is 18.4 Å². The van der Waals surface area contributed by atoms with Crippen molar-refractivity contribution in [2.45, 2.75) is 19.9 Å². The van der Waals surface area contributed by atoms with Gasteiger partial charge in [-0.05, 0) is 18.6 Å². The van der Waals surface area contributed by atoms with Crippen LogP contribution >= 0.6 is 0 Å². The number of hydrogen-bond acceptors (Lipinski definition) is 2. The van der Waals surface area contributed by atoms with E-state index in [4.69, 9.17) is 5.73 Å². The van der Waals surface area contributed by atoms with E-state index >= 15 is 0 Å². The van der Waals surface area contributed by atoms with Crippen LogP contribution in [0.25, 0.3) is 10.9 Å². The number of carbonyl (C=O) groups excluding carboxylic acids is 1. The highest BCUT2D eigenvalue weighted by Gasteiger charge is 2.10. The molecule has 4 heteroatoms. The van der Waals surface area contributed by atoms with Gasteiger partial charge in [-0.25, -0.2) is 0 Å². The van der Waals surface area contributed by atoms with Gasteiger partial charge in [0.25, 0.3) is 0 Å². The minimum Gasteiger partial charge on any atom is -0.370 e. The van der Waals surface area contributed by atoms with Crippen LogP contribution in [-0.4, -0.2) is 17.0 Å². The van der Waals surface area contributed by atoms with Crippen molar-refractivity contribution in [3.05, 3.63) is 35.5 Å². The molecule has 2 aromatic rings. The van der Waals surface area contributed by atoms with Crippen LogP contribution in [0.15, 0.2) is 24.3 Å². The molecule has 0 atom stereocenters. The molecule has 0 radical (unpaired) electrons. The van der Waals surface area contributed by atoms with Crippen LogP contribution in [0.4, 0.5) is 0 Å². The topological polar surface area (TPSA) is 60.0 Å². The van der Waals surface area contributed by atoms with Crippen LogP contribution < -0.4 is 11.1 Å². The molecular weight excluding hydrogens is 226 g/mol. The summed E-state index contributed by atoms with van der Waals surface area (Å²) >= 11 is 0. The molecule has 1 aromatic heterocycles. The number of nitrogens with one attached hydrogen (secondary N) is 1. The molecule has 0 aliphatic heterocycles. The zero-order chi connectivity index (χ0) is 13.1. The number of aryl methyl sites for hydroxylation is 2. The summed E-state index contributed by atoms with van der Waals surface area (Å²) in [6.07, 6.45) is 0.378. The Kier molecular flexibility index (Phi) is 3.67. The summed E-state index contributed by atoms with van der Waals surface area (Å²) in [5.74, 6) is -0.267. The van der Waals surface area contributed by atoms with Gasteiger partial charge in [0.15, 0.2) is 0 Å². The standard InChI is InChI=1S/C14H19N3O/c1-10-11-5-3-4-6-12(11)17(2)13(10)9-16-8-7-14(15)18/h3-6,16H,7-9H2,1-2H3,(H2,15,18). The van der Waals surface area contributed by atoms with Crippen molar-refractivity contribution in [3.8, 4) is 0 Å². The van der Waals surface area contributed by atoms with Crippen molar-refractivity contribution >= 4 is 16.8 Å². The summed E-state index contributed by atoms with van der Waals surface area (Å²) in [4.78, 5) is 10.7. The molecule has 0 unspecified atom stereocenters. The molecule has 1 amide bonds. The maximum Gasteiger partial charge on any atom is 0.218 e. The summed E-state index contributed by atoms with van der Waals surface area (Å²) in [6.45, 7) is 3.51. The number of carbonyl (C=O) groups is 1. The van der Waals surface area contributed by atoms with Gasteiger partial charge >= 0.3 is 0 Å². The molecule has 96 valence electrons. The van der Waals surface area contributed by atoms with Gasteiger partial charge in [0, 0.05) is 43.2 Å². The minimum absolute atomic E-state index is 0.267. The fraction of sp³-hybridized carbons (Fsp3) is 0.357. The highest BCUT2D eigenvalue weighted by Crippen LogP contribution is 2.24. The average Bonchev–Trinajstić information content (AvgIpc) is 2.59. The average molecular weight is 245 g/mol. The second kappa shape index (κ2) is 5.23. The van der Waals surface area contributed by atoms with Crippen LogP contribution in [0.5, 0.6) is 0 Å². The molecule has 18 heavy (non-hydrogen) atoms. The molecule has 1 heterocycles. The van der Waals surface area contributed by atoms with Gasteiger partial charge in [0.2, 0.25) is 5.91 Å². The SMILES string of the molecule is Cc1c(CNCCC(N)=O)n(C)c2ccccc12. The first-order valence-corrected chi connectivity index (χ1v) is 6.13. The Balaban J connectivity index is 2.15. The summed E-state index contributed by atoms with van der Waals surface area (Å²) in [7, 11) is 2.07. The normalized spacial score (nSPS) is 11.0. The molecule has 4 nitrogen and oxygen atoms in total. The molecule has 2 rings (SSSR count). The summed E-state index contributed by atoms with van der Waals surface area (Å²) in [5, 5.41) is 4.54. The quantitative estimate of drug-likeness (QED) is 0.783. The van der Waals surface area contributed by atoms with Crippen LogP contribution in [0.3, 0.4) is 0 Å². The summed E-state index contributed by atoms with van der Waals surface area (Å²) in [5.41, 5.74) is 8.89. The lowest BCUT2D eigenvalue weighted by atomic mass is 10.1. The first-order valence-electron chi connectivity index (χ1n) is 6.13. The monoisotopic (exact) mass is 245 g/mol. The third-order valence-corrected chi connectivity index (χ3v) is 3.35. The lowest BCUT2D eigenvalue weighted by Crippen LogP contribution is -2.22. The van der Waals surface area contributed by atoms with E-state index < -0.39 is 0 Å². The Morgan fingerprint density at radius 3 is 2.78 bits per heavy atom. The number of benzene rings is 1.